The Morgan fingerprint density at radius 3 is 2.55 bits per heavy atom. The van der Waals surface area contributed by atoms with Gasteiger partial charge in [0.2, 0.25) is 0 Å². The second-order valence-corrected chi connectivity index (χ2v) is 9.31. The highest BCUT2D eigenvalue weighted by molar-refractivity contribution is 14.0. The van der Waals surface area contributed by atoms with Crippen molar-refractivity contribution in [2.75, 3.05) is 26.2 Å². The summed E-state index contributed by atoms with van der Waals surface area (Å²) in [6, 6.07) is 3.58. The minimum absolute atomic E-state index is 0. The molecule has 0 fully saturated rings. The molecule has 12 heteroatoms. The average Bonchev–Trinajstić information content (AvgIpc) is 3.30. The lowest BCUT2D eigenvalue weighted by molar-refractivity contribution is 0.447. The quantitative estimate of drug-likeness (QED) is 0.264. The smallest absolute Gasteiger partial charge is 0.252 e. The number of sulfonamides is 1. The number of nitrogens with zero attached hydrogens (tertiary/aromatic N) is 5. The van der Waals surface area contributed by atoms with E-state index in [1.54, 1.807) is 10.7 Å². The van der Waals surface area contributed by atoms with E-state index in [4.69, 9.17) is 0 Å². The van der Waals surface area contributed by atoms with E-state index in [9.17, 15) is 8.42 Å². The molecule has 0 aliphatic carbocycles. The topological polar surface area (TPSA) is 105 Å². The van der Waals surface area contributed by atoms with Crippen LogP contribution in [0.3, 0.4) is 0 Å². The Balaban J connectivity index is 0.00000420. The van der Waals surface area contributed by atoms with Crippen LogP contribution in [-0.2, 0) is 30.0 Å². The summed E-state index contributed by atoms with van der Waals surface area (Å²) in [5.74, 6) is 1.47. The molecular weight excluding hydrogens is 525 g/mol. The molecule has 29 heavy (non-hydrogen) atoms. The van der Waals surface area contributed by atoms with Crippen molar-refractivity contribution in [1.29, 1.82) is 0 Å². The van der Waals surface area contributed by atoms with Gasteiger partial charge in [0.1, 0.15) is 22.9 Å². The standard InChI is InChI=1S/C17H29N7O2S2.HI/c1-5-18-17(20-12-15-21-13-22-23(15)4)19-11-10-14-8-9-16(27-14)28(25,26)24(6-2)7-3;/h8-9,13H,5-7,10-12H2,1-4H3,(H2,18,19,20);1H. The van der Waals surface area contributed by atoms with Crippen molar-refractivity contribution in [1.82, 2.24) is 29.7 Å². The molecule has 2 aromatic heterocycles. The zero-order valence-corrected chi connectivity index (χ0v) is 21.2. The Morgan fingerprint density at radius 1 is 1.24 bits per heavy atom. The molecule has 2 aromatic rings. The number of aromatic nitrogens is 3. The van der Waals surface area contributed by atoms with Crippen LogP contribution in [-0.4, -0.2) is 59.6 Å². The molecule has 0 bridgehead atoms. The maximum absolute atomic E-state index is 12.6. The Labute approximate surface area is 194 Å². The molecule has 0 amide bonds. The van der Waals surface area contributed by atoms with Gasteiger partial charge in [-0.05, 0) is 25.5 Å². The van der Waals surface area contributed by atoms with E-state index in [0.717, 1.165) is 17.2 Å². The van der Waals surface area contributed by atoms with Crippen LogP contribution in [0.15, 0.2) is 27.7 Å². The zero-order valence-electron chi connectivity index (χ0n) is 17.3. The SMILES string of the molecule is CCNC(=NCc1ncnn1C)NCCc1ccc(S(=O)(=O)N(CC)CC)s1.I. The summed E-state index contributed by atoms with van der Waals surface area (Å²) in [7, 11) is -1.56. The van der Waals surface area contributed by atoms with Crippen molar-refractivity contribution in [2.24, 2.45) is 12.0 Å². The van der Waals surface area contributed by atoms with Gasteiger partial charge in [0.05, 0.1) is 0 Å². The number of nitrogens with one attached hydrogen (secondary N) is 2. The first-order chi connectivity index (χ1) is 13.4. The van der Waals surface area contributed by atoms with Crippen LogP contribution >= 0.6 is 35.3 Å². The minimum atomic E-state index is -3.39. The van der Waals surface area contributed by atoms with E-state index < -0.39 is 10.0 Å². The first-order valence-electron chi connectivity index (χ1n) is 9.36. The van der Waals surface area contributed by atoms with Crippen LogP contribution in [0.1, 0.15) is 31.5 Å². The monoisotopic (exact) mass is 555 g/mol. The van der Waals surface area contributed by atoms with Crippen molar-refractivity contribution in [3.05, 3.63) is 29.2 Å². The van der Waals surface area contributed by atoms with Gasteiger partial charge in [-0.2, -0.15) is 9.40 Å². The Hall–Kier alpha value is -1.25. The Bertz CT molecular complexity index is 876. The van der Waals surface area contributed by atoms with Gasteiger partial charge in [-0.15, -0.1) is 35.3 Å². The molecule has 0 aliphatic heterocycles. The summed E-state index contributed by atoms with van der Waals surface area (Å²) in [6.07, 6.45) is 2.22. The average molecular weight is 556 g/mol. The second kappa shape index (κ2) is 12.4. The molecule has 2 rings (SSSR count). The molecule has 0 unspecified atom stereocenters. The van der Waals surface area contributed by atoms with E-state index in [1.807, 2.05) is 33.9 Å². The van der Waals surface area contributed by atoms with E-state index >= 15 is 0 Å². The number of guanidine groups is 1. The number of thiophene rings is 1. The Morgan fingerprint density at radius 2 is 1.97 bits per heavy atom. The number of hydrogen-bond acceptors (Lipinski definition) is 6. The highest BCUT2D eigenvalue weighted by atomic mass is 127. The van der Waals surface area contributed by atoms with Gasteiger partial charge in [-0.3, -0.25) is 4.68 Å². The number of aliphatic imine (C=N–C) groups is 1. The summed E-state index contributed by atoms with van der Waals surface area (Å²) in [5.41, 5.74) is 0. The lowest BCUT2D eigenvalue weighted by Crippen LogP contribution is -2.38. The number of rotatable bonds is 10. The number of aryl methyl sites for hydroxylation is 1. The third-order valence-electron chi connectivity index (χ3n) is 4.13. The summed E-state index contributed by atoms with van der Waals surface area (Å²) in [5, 5.41) is 10.5. The molecule has 0 atom stereocenters. The van der Waals surface area contributed by atoms with E-state index in [1.165, 1.54) is 22.0 Å². The maximum Gasteiger partial charge on any atom is 0.252 e. The van der Waals surface area contributed by atoms with Crippen molar-refractivity contribution >= 4 is 51.3 Å². The van der Waals surface area contributed by atoms with Gasteiger partial charge in [0.25, 0.3) is 10.0 Å². The molecule has 0 aromatic carbocycles. The summed E-state index contributed by atoms with van der Waals surface area (Å²) >= 11 is 1.33. The summed E-state index contributed by atoms with van der Waals surface area (Å²) in [4.78, 5) is 9.69. The van der Waals surface area contributed by atoms with Crippen LogP contribution in [0.4, 0.5) is 0 Å². The molecule has 0 spiro atoms. The largest absolute Gasteiger partial charge is 0.357 e. The number of hydrogen-bond donors (Lipinski definition) is 2. The second-order valence-electron chi connectivity index (χ2n) is 5.98. The molecular formula is C17H30IN7O2S2. The summed E-state index contributed by atoms with van der Waals surface area (Å²) < 4.78 is 28.7. The zero-order chi connectivity index (χ0) is 20.6. The van der Waals surface area contributed by atoms with E-state index in [0.29, 0.717) is 42.8 Å². The molecule has 0 saturated carbocycles. The lowest BCUT2D eigenvalue weighted by Gasteiger charge is -2.16. The first-order valence-corrected chi connectivity index (χ1v) is 11.6. The van der Waals surface area contributed by atoms with Gasteiger partial charge in [-0.25, -0.2) is 18.4 Å². The number of halogens is 1. The van der Waals surface area contributed by atoms with Gasteiger partial charge < -0.3 is 10.6 Å². The predicted octanol–water partition coefficient (Wildman–Crippen LogP) is 1.82. The van der Waals surface area contributed by atoms with Gasteiger partial charge in [0, 0.05) is 38.1 Å². The van der Waals surface area contributed by atoms with E-state index in [2.05, 4.69) is 25.7 Å². The lowest BCUT2D eigenvalue weighted by atomic mass is 10.3. The predicted molar refractivity (Wildman–Crippen MR) is 127 cm³/mol. The molecule has 0 aliphatic rings. The summed E-state index contributed by atoms with van der Waals surface area (Å²) in [6.45, 7) is 8.47. The van der Waals surface area contributed by atoms with Crippen molar-refractivity contribution in [3.8, 4) is 0 Å². The molecule has 2 heterocycles. The fraction of sp³-hybridized carbons (Fsp3) is 0.588. The van der Waals surface area contributed by atoms with Gasteiger partial charge >= 0.3 is 0 Å². The van der Waals surface area contributed by atoms with Crippen LogP contribution in [0.2, 0.25) is 0 Å². The third kappa shape index (κ3) is 7.19. The normalized spacial score (nSPS) is 12.1. The molecule has 2 N–H and O–H groups in total. The highest BCUT2D eigenvalue weighted by Gasteiger charge is 2.23. The molecule has 0 radical (unpaired) electrons. The fourth-order valence-electron chi connectivity index (χ4n) is 2.58. The molecule has 0 saturated heterocycles. The van der Waals surface area contributed by atoms with E-state index in [-0.39, 0.29) is 24.0 Å². The first kappa shape index (κ1) is 25.8. The van der Waals surface area contributed by atoms with Gasteiger partial charge in [0.15, 0.2) is 5.96 Å². The van der Waals surface area contributed by atoms with Crippen LogP contribution < -0.4 is 10.6 Å². The molecule has 164 valence electrons. The van der Waals surface area contributed by atoms with Crippen LogP contribution in [0, 0.1) is 0 Å². The maximum atomic E-state index is 12.6. The highest BCUT2D eigenvalue weighted by Crippen LogP contribution is 2.25. The van der Waals surface area contributed by atoms with Crippen LogP contribution in [0.5, 0.6) is 0 Å². The third-order valence-corrected chi connectivity index (χ3v) is 7.79. The van der Waals surface area contributed by atoms with Crippen molar-refractivity contribution in [2.45, 2.75) is 37.9 Å². The molecule has 9 nitrogen and oxygen atoms in total. The minimum Gasteiger partial charge on any atom is -0.357 e. The fourth-order valence-corrected chi connectivity index (χ4v) is 5.55. The van der Waals surface area contributed by atoms with Crippen molar-refractivity contribution in [3.63, 3.8) is 0 Å². The van der Waals surface area contributed by atoms with Crippen LogP contribution in [0.25, 0.3) is 0 Å². The van der Waals surface area contributed by atoms with Crippen molar-refractivity contribution < 1.29 is 8.42 Å². The van der Waals surface area contributed by atoms with Gasteiger partial charge in [-0.1, -0.05) is 13.8 Å². The Kier molecular flexibility index (Phi) is 11.1.